The summed E-state index contributed by atoms with van der Waals surface area (Å²) in [6.07, 6.45) is 3.14. The molecule has 1 aromatic carbocycles. The Morgan fingerprint density at radius 2 is 2.13 bits per heavy atom. The van der Waals surface area contributed by atoms with Gasteiger partial charge in [0.15, 0.2) is 0 Å². The van der Waals surface area contributed by atoms with E-state index in [1.54, 1.807) is 12.1 Å². The fourth-order valence-electron chi connectivity index (χ4n) is 4.17. The molecule has 1 amide bonds. The summed E-state index contributed by atoms with van der Waals surface area (Å²) in [5.74, 6) is -1.11. The van der Waals surface area contributed by atoms with E-state index in [0.29, 0.717) is 43.7 Å². The Hall–Kier alpha value is -2.84. The van der Waals surface area contributed by atoms with E-state index in [4.69, 9.17) is 4.74 Å². The standard InChI is InChI=1S/C22H24FN3O4/c1-13-17(2-3-18-19(13)12-30-22(18)29)20(27)11-26-6-4-14(5-7-26)21(28)25-16-8-15(23)9-24-10-16/h2-3,8-10,14,20,27H,4-7,11-12H2,1H3,(H,25,28)/t20-/m0/s1. The van der Waals surface area contributed by atoms with Gasteiger partial charge in [0.25, 0.3) is 0 Å². The lowest BCUT2D eigenvalue weighted by molar-refractivity contribution is -0.121. The van der Waals surface area contributed by atoms with Crippen molar-refractivity contribution in [1.29, 1.82) is 0 Å². The molecule has 30 heavy (non-hydrogen) atoms. The molecular formula is C22H24FN3O4. The number of carbonyl (C=O) groups excluding carboxylic acids is 2. The molecule has 0 bridgehead atoms. The number of aromatic nitrogens is 1. The zero-order valence-corrected chi connectivity index (χ0v) is 16.7. The summed E-state index contributed by atoms with van der Waals surface area (Å²) in [4.78, 5) is 30.0. The van der Waals surface area contributed by atoms with Crippen LogP contribution in [0.3, 0.4) is 0 Å². The predicted octanol–water partition coefficient (Wildman–Crippen LogP) is 2.58. The SMILES string of the molecule is Cc1c([C@@H](O)CN2CCC(C(=O)Nc3cncc(F)c3)CC2)ccc2c1COC2=O. The first-order valence-electron chi connectivity index (χ1n) is 10.0. The summed E-state index contributed by atoms with van der Waals surface area (Å²) in [7, 11) is 0. The highest BCUT2D eigenvalue weighted by Gasteiger charge is 2.29. The lowest BCUT2D eigenvalue weighted by Gasteiger charge is -2.33. The third-order valence-electron chi connectivity index (χ3n) is 5.93. The van der Waals surface area contributed by atoms with Crippen molar-refractivity contribution in [2.24, 2.45) is 5.92 Å². The monoisotopic (exact) mass is 413 g/mol. The molecule has 0 saturated carbocycles. The van der Waals surface area contributed by atoms with Gasteiger partial charge in [-0.05, 0) is 50.0 Å². The topological polar surface area (TPSA) is 91.8 Å². The summed E-state index contributed by atoms with van der Waals surface area (Å²) in [6, 6.07) is 4.75. The summed E-state index contributed by atoms with van der Waals surface area (Å²) >= 11 is 0. The van der Waals surface area contributed by atoms with Gasteiger partial charge in [0.1, 0.15) is 12.4 Å². The lowest BCUT2D eigenvalue weighted by Crippen LogP contribution is -2.40. The first kappa shape index (κ1) is 20.4. The molecule has 158 valence electrons. The molecule has 0 aliphatic carbocycles. The molecule has 1 atom stereocenters. The summed E-state index contributed by atoms with van der Waals surface area (Å²) in [5.41, 5.74) is 3.46. The normalized spacial score (nSPS) is 18.0. The minimum Gasteiger partial charge on any atom is -0.457 e. The molecule has 0 radical (unpaired) electrons. The van der Waals surface area contributed by atoms with Gasteiger partial charge in [-0.1, -0.05) is 6.07 Å². The maximum atomic E-state index is 13.2. The highest BCUT2D eigenvalue weighted by molar-refractivity contribution is 5.94. The molecule has 8 heteroatoms. The largest absolute Gasteiger partial charge is 0.457 e. The van der Waals surface area contributed by atoms with E-state index in [2.05, 4.69) is 15.2 Å². The minimum absolute atomic E-state index is 0.137. The van der Waals surface area contributed by atoms with Gasteiger partial charge in [-0.15, -0.1) is 0 Å². The minimum atomic E-state index is -0.685. The summed E-state index contributed by atoms with van der Waals surface area (Å²) < 4.78 is 18.3. The second-order valence-electron chi connectivity index (χ2n) is 7.85. The molecule has 1 fully saturated rings. The van der Waals surface area contributed by atoms with E-state index in [0.717, 1.165) is 22.9 Å². The van der Waals surface area contributed by atoms with Crippen LogP contribution in [0.4, 0.5) is 10.1 Å². The number of rotatable bonds is 5. The number of pyridine rings is 1. The number of cyclic esters (lactones) is 1. The van der Waals surface area contributed by atoms with Crippen molar-refractivity contribution in [2.75, 3.05) is 25.0 Å². The number of piperidine rings is 1. The quantitative estimate of drug-likeness (QED) is 0.732. The van der Waals surface area contributed by atoms with Crippen LogP contribution in [0.25, 0.3) is 0 Å². The summed E-state index contributed by atoms with van der Waals surface area (Å²) in [5, 5.41) is 13.5. The average molecular weight is 413 g/mol. The third kappa shape index (κ3) is 4.20. The van der Waals surface area contributed by atoms with Crippen LogP contribution in [0, 0.1) is 18.7 Å². The molecule has 2 N–H and O–H groups in total. The van der Waals surface area contributed by atoms with Gasteiger partial charge >= 0.3 is 5.97 Å². The van der Waals surface area contributed by atoms with Crippen LogP contribution in [-0.2, 0) is 16.1 Å². The Balaban J connectivity index is 1.32. The Morgan fingerprint density at radius 1 is 1.37 bits per heavy atom. The van der Waals surface area contributed by atoms with E-state index in [1.807, 2.05) is 6.92 Å². The molecule has 3 heterocycles. The maximum absolute atomic E-state index is 13.2. The number of fused-ring (bicyclic) bond motifs is 1. The molecule has 2 aromatic rings. The number of hydrogen-bond acceptors (Lipinski definition) is 6. The Kier molecular flexibility index (Phi) is 5.78. The third-order valence-corrected chi connectivity index (χ3v) is 5.93. The zero-order valence-electron chi connectivity index (χ0n) is 16.7. The molecule has 1 aromatic heterocycles. The van der Waals surface area contributed by atoms with Crippen LogP contribution in [0.5, 0.6) is 0 Å². The number of β-amino-alcohol motifs (C(OH)–C–C–N with tert-alkyl or cyclic N) is 1. The van der Waals surface area contributed by atoms with Gasteiger partial charge < -0.3 is 20.1 Å². The maximum Gasteiger partial charge on any atom is 0.338 e. The van der Waals surface area contributed by atoms with Crippen LogP contribution >= 0.6 is 0 Å². The van der Waals surface area contributed by atoms with Crippen LogP contribution in [0.2, 0.25) is 0 Å². The van der Waals surface area contributed by atoms with E-state index < -0.39 is 11.9 Å². The van der Waals surface area contributed by atoms with Crippen molar-refractivity contribution in [3.05, 3.63) is 58.7 Å². The number of esters is 1. The second kappa shape index (κ2) is 8.49. The van der Waals surface area contributed by atoms with Crippen LogP contribution < -0.4 is 5.32 Å². The van der Waals surface area contributed by atoms with Crippen molar-refractivity contribution < 1.29 is 23.8 Å². The van der Waals surface area contributed by atoms with Crippen LogP contribution in [-0.4, -0.2) is 46.5 Å². The number of anilines is 1. The van der Waals surface area contributed by atoms with Crippen LogP contribution in [0.15, 0.2) is 30.6 Å². The van der Waals surface area contributed by atoms with Gasteiger partial charge in [-0.25, -0.2) is 9.18 Å². The van der Waals surface area contributed by atoms with Gasteiger partial charge in [0.05, 0.1) is 29.7 Å². The van der Waals surface area contributed by atoms with Crippen molar-refractivity contribution in [3.8, 4) is 0 Å². The number of likely N-dealkylation sites (tertiary alicyclic amines) is 1. The van der Waals surface area contributed by atoms with E-state index in [-0.39, 0.29) is 24.4 Å². The summed E-state index contributed by atoms with van der Waals surface area (Å²) in [6.45, 7) is 3.97. The van der Waals surface area contributed by atoms with Crippen LogP contribution in [0.1, 0.15) is 46.0 Å². The van der Waals surface area contributed by atoms with Crippen molar-refractivity contribution >= 4 is 17.6 Å². The zero-order chi connectivity index (χ0) is 21.3. The number of halogens is 1. The number of nitrogens with one attached hydrogen (secondary N) is 1. The van der Waals surface area contributed by atoms with Gasteiger partial charge in [-0.3, -0.25) is 9.78 Å². The highest BCUT2D eigenvalue weighted by atomic mass is 19.1. The smallest absolute Gasteiger partial charge is 0.338 e. The Labute approximate surface area is 173 Å². The Morgan fingerprint density at radius 3 is 2.87 bits per heavy atom. The molecule has 7 nitrogen and oxygen atoms in total. The van der Waals surface area contributed by atoms with E-state index in [1.165, 1.54) is 12.3 Å². The molecule has 4 rings (SSSR count). The fraction of sp³-hybridized carbons (Fsp3) is 0.409. The van der Waals surface area contributed by atoms with E-state index in [9.17, 15) is 19.1 Å². The number of aliphatic hydroxyl groups excluding tert-OH is 1. The number of benzene rings is 1. The molecule has 0 spiro atoms. The fourth-order valence-corrected chi connectivity index (χ4v) is 4.17. The van der Waals surface area contributed by atoms with Crippen molar-refractivity contribution in [1.82, 2.24) is 9.88 Å². The molecule has 1 saturated heterocycles. The number of ether oxygens (including phenoxy) is 1. The van der Waals surface area contributed by atoms with Gasteiger partial charge in [0.2, 0.25) is 5.91 Å². The number of carbonyl (C=O) groups is 2. The van der Waals surface area contributed by atoms with Crippen molar-refractivity contribution in [2.45, 2.75) is 32.5 Å². The highest BCUT2D eigenvalue weighted by Crippen LogP contribution is 2.30. The molecule has 2 aliphatic rings. The molecule has 0 unspecified atom stereocenters. The van der Waals surface area contributed by atoms with Crippen molar-refractivity contribution in [3.63, 3.8) is 0 Å². The number of nitrogens with zero attached hydrogens (tertiary/aromatic N) is 2. The molecule has 2 aliphatic heterocycles. The first-order valence-corrected chi connectivity index (χ1v) is 10.0. The van der Waals surface area contributed by atoms with Gasteiger partial charge in [0, 0.05) is 24.1 Å². The number of amides is 1. The predicted molar refractivity (Wildman–Crippen MR) is 107 cm³/mol. The number of aliphatic hydroxyl groups is 1. The lowest BCUT2D eigenvalue weighted by atomic mass is 9.93. The Bertz CT molecular complexity index is 973. The van der Waals surface area contributed by atoms with E-state index >= 15 is 0 Å². The van der Waals surface area contributed by atoms with Gasteiger partial charge in [-0.2, -0.15) is 0 Å². The molecular weight excluding hydrogens is 389 g/mol. The first-order chi connectivity index (χ1) is 14.4. The number of hydrogen-bond donors (Lipinski definition) is 2. The average Bonchev–Trinajstić information content (AvgIpc) is 3.10. The second-order valence-corrected chi connectivity index (χ2v) is 7.85.